The minimum Gasteiger partial charge on any atom is -0.495 e. The zero-order valence-corrected chi connectivity index (χ0v) is 9.80. The van der Waals surface area contributed by atoms with Crippen molar-refractivity contribution < 1.29 is 14.2 Å². The van der Waals surface area contributed by atoms with Crippen molar-refractivity contribution in [3.8, 4) is 5.75 Å². The molecule has 18 heavy (non-hydrogen) atoms. The summed E-state index contributed by atoms with van der Waals surface area (Å²) in [6.45, 7) is 0. The number of hydrogen-bond acceptors (Lipinski definition) is 4. The van der Waals surface area contributed by atoms with Crippen molar-refractivity contribution >= 4 is 5.69 Å². The first-order chi connectivity index (χ1) is 8.61. The van der Waals surface area contributed by atoms with Crippen molar-refractivity contribution in [1.82, 2.24) is 4.98 Å². The van der Waals surface area contributed by atoms with Crippen LogP contribution in [-0.2, 0) is 0 Å². The summed E-state index contributed by atoms with van der Waals surface area (Å²) in [5.41, 5.74) is 6.85. The number of anilines is 1. The topological polar surface area (TPSA) is 68.4 Å². The van der Waals surface area contributed by atoms with Gasteiger partial charge in [0.1, 0.15) is 17.7 Å². The van der Waals surface area contributed by atoms with Crippen LogP contribution < -0.4 is 10.5 Å². The van der Waals surface area contributed by atoms with E-state index in [1.54, 1.807) is 6.07 Å². The summed E-state index contributed by atoms with van der Waals surface area (Å²) in [5.74, 6) is 0.0654. The average molecular weight is 248 g/mol. The average Bonchev–Trinajstić information content (AvgIpc) is 2.41. The third-order valence-electron chi connectivity index (χ3n) is 2.63. The van der Waals surface area contributed by atoms with Crippen LogP contribution in [0.15, 0.2) is 36.7 Å². The quantitative estimate of drug-likeness (QED) is 0.814. The van der Waals surface area contributed by atoms with E-state index in [-0.39, 0.29) is 0 Å². The third kappa shape index (κ3) is 2.41. The number of nitrogens with zero attached hydrogens (tertiary/aromatic N) is 1. The van der Waals surface area contributed by atoms with Gasteiger partial charge in [0.25, 0.3) is 0 Å². The zero-order chi connectivity index (χ0) is 13.1. The standard InChI is InChI=1S/C13H13FN2O2/c1-18-10-4-8(6-16-7-10)13(17)11-5-9(14)2-3-12(11)15/h2-7,13,17H,15H2,1H3. The van der Waals surface area contributed by atoms with Crippen molar-refractivity contribution in [3.63, 3.8) is 0 Å². The number of aromatic nitrogens is 1. The van der Waals surface area contributed by atoms with E-state index < -0.39 is 11.9 Å². The summed E-state index contributed by atoms with van der Waals surface area (Å²) in [6, 6.07) is 5.50. The summed E-state index contributed by atoms with van der Waals surface area (Å²) in [4.78, 5) is 3.93. The lowest BCUT2D eigenvalue weighted by Crippen LogP contribution is -2.05. The molecule has 0 bridgehead atoms. The highest BCUT2D eigenvalue weighted by Gasteiger charge is 2.15. The maximum absolute atomic E-state index is 13.2. The fourth-order valence-corrected chi connectivity index (χ4v) is 1.66. The van der Waals surface area contributed by atoms with Crippen molar-refractivity contribution in [2.24, 2.45) is 0 Å². The predicted octanol–water partition coefficient (Wildman–Crippen LogP) is 1.89. The maximum Gasteiger partial charge on any atom is 0.137 e. The molecule has 0 aliphatic rings. The second-order valence-corrected chi connectivity index (χ2v) is 3.83. The van der Waals surface area contributed by atoms with E-state index in [4.69, 9.17) is 10.5 Å². The molecule has 0 amide bonds. The van der Waals surface area contributed by atoms with Gasteiger partial charge in [-0.15, -0.1) is 0 Å². The summed E-state index contributed by atoms with van der Waals surface area (Å²) in [6.07, 6.45) is 1.96. The molecule has 1 atom stereocenters. The van der Waals surface area contributed by atoms with Gasteiger partial charge in [-0.2, -0.15) is 0 Å². The number of rotatable bonds is 3. The van der Waals surface area contributed by atoms with Crippen LogP contribution in [0.2, 0.25) is 0 Å². The summed E-state index contributed by atoms with van der Waals surface area (Å²) >= 11 is 0. The van der Waals surface area contributed by atoms with Gasteiger partial charge in [-0.25, -0.2) is 4.39 Å². The first-order valence-electron chi connectivity index (χ1n) is 5.33. The Labute approximate surface area is 104 Å². The summed E-state index contributed by atoms with van der Waals surface area (Å²) in [5, 5.41) is 10.2. The number of nitrogens with two attached hydrogens (primary N) is 1. The molecule has 1 heterocycles. The van der Waals surface area contributed by atoms with Gasteiger partial charge in [0.15, 0.2) is 0 Å². The fourth-order valence-electron chi connectivity index (χ4n) is 1.66. The van der Waals surface area contributed by atoms with Crippen molar-refractivity contribution in [2.75, 3.05) is 12.8 Å². The van der Waals surface area contributed by atoms with Gasteiger partial charge in [0.2, 0.25) is 0 Å². The molecule has 0 saturated heterocycles. The molecule has 1 aromatic carbocycles. The van der Waals surface area contributed by atoms with Gasteiger partial charge in [-0.3, -0.25) is 4.98 Å². The molecule has 2 aromatic rings. The molecule has 0 radical (unpaired) electrons. The van der Waals surface area contributed by atoms with Gasteiger partial charge in [0.05, 0.1) is 13.3 Å². The number of ether oxygens (including phenoxy) is 1. The monoisotopic (exact) mass is 248 g/mol. The van der Waals surface area contributed by atoms with E-state index >= 15 is 0 Å². The Morgan fingerprint density at radius 3 is 2.83 bits per heavy atom. The van der Waals surface area contributed by atoms with E-state index in [9.17, 15) is 9.50 Å². The Kier molecular flexibility index (Phi) is 3.43. The van der Waals surface area contributed by atoms with Crippen LogP contribution in [0.25, 0.3) is 0 Å². The molecule has 4 nitrogen and oxygen atoms in total. The number of benzene rings is 1. The van der Waals surface area contributed by atoms with Crippen LogP contribution in [-0.4, -0.2) is 17.2 Å². The molecule has 0 fully saturated rings. The van der Waals surface area contributed by atoms with Crippen molar-refractivity contribution in [3.05, 3.63) is 53.6 Å². The first kappa shape index (κ1) is 12.3. The van der Waals surface area contributed by atoms with Gasteiger partial charge in [-0.1, -0.05) is 0 Å². The zero-order valence-electron chi connectivity index (χ0n) is 9.80. The van der Waals surface area contributed by atoms with E-state index in [1.807, 2.05) is 0 Å². The minimum atomic E-state index is -1.04. The molecule has 0 spiro atoms. The van der Waals surface area contributed by atoms with Gasteiger partial charge >= 0.3 is 0 Å². The van der Waals surface area contributed by atoms with Crippen LogP contribution >= 0.6 is 0 Å². The van der Waals surface area contributed by atoms with Crippen LogP contribution in [0.5, 0.6) is 5.75 Å². The number of nitrogen functional groups attached to an aromatic ring is 1. The molecule has 0 saturated carbocycles. The highest BCUT2D eigenvalue weighted by atomic mass is 19.1. The smallest absolute Gasteiger partial charge is 0.137 e. The van der Waals surface area contributed by atoms with Crippen molar-refractivity contribution in [1.29, 1.82) is 0 Å². The summed E-state index contributed by atoms with van der Waals surface area (Å²) in [7, 11) is 1.50. The molecule has 1 unspecified atom stereocenters. The molecule has 3 N–H and O–H groups in total. The van der Waals surface area contributed by atoms with Gasteiger partial charge in [-0.05, 0) is 24.3 Å². The summed E-state index contributed by atoms with van der Waals surface area (Å²) < 4.78 is 18.2. The largest absolute Gasteiger partial charge is 0.495 e. The lowest BCUT2D eigenvalue weighted by molar-refractivity contribution is 0.219. The van der Waals surface area contributed by atoms with E-state index in [0.717, 1.165) is 0 Å². The number of methoxy groups -OCH3 is 1. The lowest BCUT2D eigenvalue weighted by Gasteiger charge is -2.14. The van der Waals surface area contributed by atoms with E-state index in [2.05, 4.69) is 4.98 Å². The third-order valence-corrected chi connectivity index (χ3v) is 2.63. The Bertz CT molecular complexity index is 560. The molecule has 1 aromatic heterocycles. The Balaban J connectivity index is 2.40. The highest BCUT2D eigenvalue weighted by Crippen LogP contribution is 2.28. The predicted molar refractivity (Wildman–Crippen MR) is 65.7 cm³/mol. The molecular weight excluding hydrogens is 235 g/mol. The number of hydrogen-bond donors (Lipinski definition) is 2. The second kappa shape index (κ2) is 5.01. The Morgan fingerprint density at radius 2 is 2.11 bits per heavy atom. The highest BCUT2D eigenvalue weighted by molar-refractivity contribution is 5.50. The number of pyridine rings is 1. The number of halogens is 1. The molecule has 0 aliphatic heterocycles. The van der Waals surface area contributed by atoms with Gasteiger partial charge < -0.3 is 15.6 Å². The van der Waals surface area contributed by atoms with Crippen molar-refractivity contribution in [2.45, 2.75) is 6.10 Å². The van der Waals surface area contributed by atoms with Crippen LogP contribution in [0.1, 0.15) is 17.2 Å². The second-order valence-electron chi connectivity index (χ2n) is 3.83. The van der Waals surface area contributed by atoms with Crippen LogP contribution in [0.3, 0.4) is 0 Å². The van der Waals surface area contributed by atoms with Gasteiger partial charge in [0, 0.05) is 23.0 Å². The minimum absolute atomic E-state index is 0.310. The number of aliphatic hydroxyl groups excluding tert-OH is 1. The lowest BCUT2D eigenvalue weighted by atomic mass is 10.0. The first-order valence-corrected chi connectivity index (χ1v) is 5.33. The fraction of sp³-hybridized carbons (Fsp3) is 0.154. The molecule has 94 valence electrons. The van der Waals surface area contributed by atoms with E-state index in [0.29, 0.717) is 22.6 Å². The Hall–Kier alpha value is -2.14. The Morgan fingerprint density at radius 1 is 1.33 bits per heavy atom. The SMILES string of the molecule is COc1cncc(C(O)c2cc(F)ccc2N)c1. The number of aliphatic hydroxyl groups is 1. The van der Waals surface area contributed by atoms with E-state index in [1.165, 1.54) is 37.7 Å². The molecular formula is C13H13FN2O2. The molecule has 0 aliphatic carbocycles. The van der Waals surface area contributed by atoms with Crippen LogP contribution in [0.4, 0.5) is 10.1 Å². The molecule has 5 heteroatoms. The normalized spacial score (nSPS) is 12.2. The van der Waals surface area contributed by atoms with Crippen LogP contribution in [0, 0.1) is 5.82 Å². The molecule has 2 rings (SSSR count). The maximum atomic E-state index is 13.2.